The summed E-state index contributed by atoms with van der Waals surface area (Å²) in [6.07, 6.45) is 0. The first-order valence-corrected chi connectivity index (χ1v) is 6.30. The van der Waals surface area contributed by atoms with Crippen molar-refractivity contribution in [1.29, 1.82) is 0 Å². The molecule has 0 unspecified atom stereocenters. The molecule has 1 aromatic carbocycles. The molecule has 0 radical (unpaired) electrons. The summed E-state index contributed by atoms with van der Waals surface area (Å²) in [5, 5.41) is 3.97. The van der Waals surface area contributed by atoms with E-state index in [-0.39, 0.29) is 0 Å². The molecule has 0 saturated heterocycles. The normalized spacial score (nSPS) is 10.3. The molecule has 1 heterocycles. The number of nitrogens with zero attached hydrogens (tertiary/aromatic N) is 2. The van der Waals surface area contributed by atoms with E-state index in [9.17, 15) is 0 Å². The van der Waals surface area contributed by atoms with Crippen molar-refractivity contribution in [1.82, 2.24) is 9.97 Å². The van der Waals surface area contributed by atoms with Gasteiger partial charge in [0.15, 0.2) is 0 Å². The van der Waals surface area contributed by atoms with Gasteiger partial charge in [0.1, 0.15) is 16.2 Å². The quantitative estimate of drug-likeness (QED) is 0.876. The predicted octanol–water partition coefficient (Wildman–Crippen LogP) is 3.81. The van der Waals surface area contributed by atoms with Crippen molar-refractivity contribution < 1.29 is 0 Å². The number of halogens is 2. The Balaban J connectivity index is 2.07. The summed E-state index contributed by atoms with van der Waals surface area (Å²) in [4.78, 5) is 8.43. The second kappa shape index (κ2) is 5.47. The van der Waals surface area contributed by atoms with Crippen molar-refractivity contribution in [3.8, 4) is 0 Å². The van der Waals surface area contributed by atoms with Crippen LogP contribution in [0.5, 0.6) is 0 Å². The topological polar surface area (TPSA) is 37.8 Å². The second-order valence-electron chi connectivity index (χ2n) is 3.61. The lowest BCUT2D eigenvalue weighted by Crippen LogP contribution is -2.03. The van der Waals surface area contributed by atoms with Crippen molar-refractivity contribution in [2.45, 2.75) is 13.5 Å². The van der Waals surface area contributed by atoms with E-state index in [0.717, 1.165) is 26.8 Å². The Morgan fingerprint density at radius 3 is 2.82 bits per heavy atom. The minimum atomic E-state index is 0.684. The zero-order valence-electron chi connectivity index (χ0n) is 9.24. The predicted molar refractivity (Wildman–Crippen MR) is 73.2 cm³/mol. The minimum Gasteiger partial charge on any atom is -0.366 e. The lowest BCUT2D eigenvalue weighted by atomic mass is 10.2. The molecule has 1 aromatic heterocycles. The molecule has 0 saturated carbocycles. The van der Waals surface area contributed by atoms with Gasteiger partial charge in [-0.2, -0.15) is 0 Å². The van der Waals surface area contributed by atoms with Gasteiger partial charge in [0.05, 0.1) is 0 Å². The average molecular weight is 313 g/mol. The molecule has 0 bridgehead atoms. The standard InChI is InChI=1S/C12H11BrClN3/c1-8-16-11(13)6-12(17-8)15-7-9-3-2-4-10(14)5-9/h2-6H,7H2,1H3,(H,15,16,17). The first kappa shape index (κ1) is 12.3. The van der Waals surface area contributed by atoms with E-state index in [1.807, 2.05) is 37.3 Å². The lowest BCUT2D eigenvalue weighted by Gasteiger charge is -2.07. The van der Waals surface area contributed by atoms with Crippen molar-refractivity contribution in [3.05, 3.63) is 51.3 Å². The molecule has 0 spiro atoms. The first-order valence-electron chi connectivity index (χ1n) is 5.13. The van der Waals surface area contributed by atoms with Gasteiger partial charge in [-0.05, 0) is 40.5 Å². The van der Waals surface area contributed by atoms with Gasteiger partial charge >= 0.3 is 0 Å². The molecule has 0 aliphatic heterocycles. The number of hydrogen-bond donors (Lipinski definition) is 1. The number of anilines is 1. The van der Waals surface area contributed by atoms with Gasteiger partial charge in [-0.3, -0.25) is 0 Å². The Kier molecular flexibility index (Phi) is 3.97. The third kappa shape index (κ3) is 3.68. The fourth-order valence-corrected chi connectivity index (χ4v) is 2.15. The Hall–Kier alpha value is -1.13. The zero-order valence-corrected chi connectivity index (χ0v) is 11.6. The third-order valence-corrected chi connectivity index (χ3v) is 2.81. The van der Waals surface area contributed by atoms with Crippen LogP contribution in [0.4, 0.5) is 5.82 Å². The molecule has 0 amide bonds. The largest absolute Gasteiger partial charge is 0.366 e. The van der Waals surface area contributed by atoms with Crippen LogP contribution in [0.25, 0.3) is 0 Å². The molecule has 3 nitrogen and oxygen atoms in total. The molecule has 5 heteroatoms. The summed E-state index contributed by atoms with van der Waals surface area (Å²) in [5.74, 6) is 1.53. The molecule has 2 rings (SSSR count). The second-order valence-corrected chi connectivity index (χ2v) is 4.86. The van der Waals surface area contributed by atoms with Crippen LogP contribution in [0.3, 0.4) is 0 Å². The Bertz CT molecular complexity index is 511. The average Bonchev–Trinajstić information content (AvgIpc) is 2.25. The number of hydrogen-bond acceptors (Lipinski definition) is 3. The summed E-state index contributed by atoms with van der Waals surface area (Å²) in [6, 6.07) is 9.58. The van der Waals surface area contributed by atoms with Gasteiger partial charge < -0.3 is 5.32 Å². The summed E-state index contributed by atoms with van der Waals surface area (Å²) >= 11 is 9.25. The summed E-state index contributed by atoms with van der Waals surface area (Å²) in [6.45, 7) is 2.54. The smallest absolute Gasteiger partial charge is 0.131 e. The number of aromatic nitrogens is 2. The van der Waals surface area contributed by atoms with Crippen molar-refractivity contribution in [2.24, 2.45) is 0 Å². The van der Waals surface area contributed by atoms with Crippen molar-refractivity contribution >= 4 is 33.3 Å². The van der Waals surface area contributed by atoms with E-state index < -0.39 is 0 Å². The van der Waals surface area contributed by atoms with Crippen LogP contribution in [0, 0.1) is 6.92 Å². The van der Waals surface area contributed by atoms with E-state index in [4.69, 9.17) is 11.6 Å². The fourth-order valence-electron chi connectivity index (χ4n) is 1.46. The van der Waals surface area contributed by atoms with Crippen LogP contribution < -0.4 is 5.32 Å². The molecular weight excluding hydrogens is 302 g/mol. The van der Waals surface area contributed by atoms with E-state index >= 15 is 0 Å². The van der Waals surface area contributed by atoms with Crippen molar-refractivity contribution in [2.75, 3.05) is 5.32 Å². The Morgan fingerprint density at radius 2 is 2.12 bits per heavy atom. The van der Waals surface area contributed by atoms with Gasteiger partial charge in [-0.15, -0.1) is 0 Å². The number of aryl methyl sites for hydroxylation is 1. The van der Waals surface area contributed by atoms with E-state index in [1.54, 1.807) is 0 Å². The molecule has 0 aliphatic rings. The van der Waals surface area contributed by atoms with Gasteiger partial charge in [-0.25, -0.2) is 9.97 Å². The van der Waals surface area contributed by atoms with Crippen molar-refractivity contribution in [3.63, 3.8) is 0 Å². The van der Waals surface area contributed by atoms with E-state index in [2.05, 4.69) is 31.2 Å². The Labute approximate surface area is 113 Å². The maximum atomic E-state index is 5.92. The highest BCUT2D eigenvalue weighted by atomic mass is 79.9. The van der Waals surface area contributed by atoms with E-state index in [1.165, 1.54) is 0 Å². The van der Waals surface area contributed by atoms with E-state index in [0.29, 0.717) is 6.54 Å². The highest BCUT2D eigenvalue weighted by Gasteiger charge is 2.00. The lowest BCUT2D eigenvalue weighted by molar-refractivity contribution is 1.01. The molecule has 1 N–H and O–H groups in total. The van der Waals surface area contributed by atoms with Crippen LogP contribution in [-0.2, 0) is 6.54 Å². The van der Waals surface area contributed by atoms with Gasteiger partial charge in [0, 0.05) is 17.6 Å². The Morgan fingerprint density at radius 1 is 1.29 bits per heavy atom. The first-order chi connectivity index (χ1) is 8.13. The van der Waals surface area contributed by atoms with Crippen LogP contribution in [0.15, 0.2) is 34.9 Å². The maximum absolute atomic E-state index is 5.92. The molecule has 2 aromatic rings. The van der Waals surface area contributed by atoms with Crippen LogP contribution in [0.2, 0.25) is 5.02 Å². The molecule has 0 atom stereocenters. The number of nitrogens with one attached hydrogen (secondary N) is 1. The SMILES string of the molecule is Cc1nc(Br)cc(NCc2cccc(Cl)c2)n1. The minimum absolute atomic E-state index is 0.684. The molecule has 0 aliphatic carbocycles. The summed E-state index contributed by atoms with van der Waals surface area (Å²) in [5.41, 5.74) is 1.12. The molecule has 17 heavy (non-hydrogen) atoms. The third-order valence-electron chi connectivity index (χ3n) is 2.17. The molecule has 0 fully saturated rings. The maximum Gasteiger partial charge on any atom is 0.131 e. The van der Waals surface area contributed by atoms with Gasteiger partial charge in [0.2, 0.25) is 0 Å². The van der Waals surface area contributed by atoms with Crippen LogP contribution in [0.1, 0.15) is 11.4 Å². The van der Waals surface area contributed by atoms with Gasteiger partial charge in [0.25, 0.3) is 0 Å². The zero-order chi connectivity index (χ0) is 12.3. The number of benzene rings is 1. The summed E-state index contributed by atoms with van der Waals surface area (Å²) < 4.78 is 0.776. The van der Waals surface area contributed by atoms with Gasteiger partial charge in [-0.1, -0.05) is 23.7 Å². The highest BCUT2D eigenvalue weighted by molar-refractivity contribution is 9.10. The molecular formula is C12H11BrClN3. The monoisotopic (exact) mass is 311 g/mol. The van der Waals surface area contributed by atoms with Crippen LogP contribution in [-0.4, -0.2) is 9.97 Å². The van der Waals surface area contributed by atoms with Crippen LogP contribution >= 0.6 is 27.5 Å². The number of rotatable bonds is 3. The molecule has 88 valence electrons. The summed E-state index contributed by atoms with van der Waals surface area (Å²) in [7, 11) is 0. The highest BCUT2D eigenvalue weighted by Crippen LogP contribution is 2.15. The fraction of sp³-hybridized carbons (Fsp3) is 0.167.